The SMILES string of the molecule is O=c1c2ccccc2[nH]c(=S)n1/N=C\c1ccco1. The molecule has 0 fully saturated rings. The first-order valence-corrected chi connectivity index (χ1v) is 5.98. The van der Waals surface area contributed by atoms with E-state index in [0.717, 1.165) is 4.68 Å². The fraction of sp³-hybridized carbons (Fsp3) is 0. The Kier molecular flexibility index (Phi) is 2.85. The summed E-state index contributed by atoms with van der Waals surface area (Å²) in [5.41, 5.74) is 0.434. The summed E-state index contributed by atoms with van der Waals surface area (Å²) in [6.07, 6.45) is 2.98. The fourth-order valence-corrected chi connectivity index (χ4v) is 1.98. The van der Waals surface area contributed by atoms with Crippen molar-refractivity contribution in [1.29, 1.82) is 0 Å². The molecule has 3 aromatic rings. The number of hydrogen-bond donors (Lipinski definition) is 1. The Labute approximate surface area is 112 Å². The van der Waals surface area contributed by atoms with Crippen LogP contribution in [0.1, 0.15) is 5.76 Å². The summed E-state index contributed by atoms with van der Waals surface area (Å²) in [5, 5.41) is 4.58. The normalized spacial score (nSPS) is 11.4. The number of aromatic nitrogens is 2. The zero-order chi connectivity index (χ0) is 13.2. The maximum Gasteiger partial charge on any atom is 0.282 e. The van der Waals surface area contributed by atoms with Gasteiger partial charge in [0.2, 0.25) is 4.77 Å². The van der Waals surface area contributed by atoms with Crippen LogP contribution in [0, 0.1) is 4.77 Å². The minimum atomic E-state index is -0.262. The standard InChI is InChI=1S/C13H9N3O2S/c17-12-10-5-1-2-6-11(10)15-13(19)16(12)14-8-9-4-3-7-18-9/h1-8H,(H,15,19)/b14-8-. The molecule has 94 valence electrons. The first kappa shape index (κ1) is 11.6. The summed E-state index contributed by atoms with van der Waals surface area (Å²) in [5.74, 6) is 0.550. The van der Waals surface area contributed by atoms with E-state index in [0.29, 0.717) is 16.7 Å². The Morgan fingerprint density at radius 3 is 2.89 bits per heavy atom. The molecular weight excluding hydrogens is 262 g/mol. The van der Waals surface area contributed by atoms with Gasteiger partial charge < -0.3 is 9.40 Å². The third-order valence-electron chi connectivity index (χ3n) is 2.63. The summed E-state index contributed by atoms with van der Waals surface area (Å²) >= 11 is 5.12. The third kappa shape index (κ3) is 2.13. The van der Waals surface area contributed by atoms with E-state index in [1.165, 1.54) is 12.5 Å². The van der Waals surface area contributed by atoms with E-state index < -0.39 is 0 Å². The van der Waals surface area contributed by atoms with Crippen LogP contribution in [0.15, 0.2) is 57.0 Å². The van der Waals surface area contributed by atoms with Gasteiger partial charge in [-0.15, -0.1) is 0 Å². The van der Waals surface area contributed by atoms with E-state index in [1.54, 1.807) is 30.3 Å². The van der Waals surface area contributed by atoms with Gasteiger partial charge in [-0.05, 0) is 36.5 Å². The van der Waals surface area contributed by atoms with Gasteiger partial charge in [0.15, 0.2) is 0 Å². The summed E-state index contributed by atoms with van der Waals surface area (Å²) in [6, 6.07) is 10.6. The van der Waals surface area contributed by atoms with Gasteiger partial charge in [-0.2, -0.15) is 9.78 Å². The van der Waals surface area contributed by atoms with E-state index in [1.807, 2.05) is 6.07 Å². The van der Waals surface area contributed by atoms with E-state index in [4.69, 9.17) is 16.6 Å². The van der Waals surface area contributed by atoms with Gasteiger partial charge >= 0.3 is 0 Å². The van der Waals surface area contributed by atoms with Gasteiger partial charge in [0.05, 0.1) is 23.4 Å². The van der Waals surface area contributed by atoms with Crippen molar-refractivity contribution < 1.29 is 4.42 Å². The molecule has 0 aliphatic carbocycles. The predicted octanol–water partition coefficient (Wildman–Crippen LogP) is 2.53. The highest BCUT2D eigenvalue weighted by molar-refractivity contribution is 7.71. The molecule has 5 nitrogen and oxygen atoms in total. The van der Waals surface area contributed by atoms with Gasteiger partial charge in [0.25, 0.3) is 5.56 Å². The van der Waals surface area contributed by atoms with Crippen molar-refractivity contribution in [2.24, 2.45) is 5.10 Å². The fourth-order valence-electron chi connectivity index (χ4n) is 1.74. The lowest BCUT2D eigenvalue weighted by molar-refractivity contribution is 0.559. The van der Waals surface area contributed by atoms with Gasteiger partial charge in [0, 0.05) is 0 Å². The number of hydrogen-bond acceptors (Lipinski definition) is 4. The van der Waals surface area contributed by atoms with Gasteiger partial charge in [-0.25, -0.2) is 0 Å². The maximum absolute atomic E-state index is 12.2. The van der Waals surface area contributed by atoms with Crippen LogP contribution < -0.4 is 5.56 Å². The lowest BCUT2D eigenvalue weighted by Crippen LogP contribution is -2.18. The Balaban J connectivity index is 2.19. The first-order valence-electron chi connectivity index (χ1n) is 5.57. The van der Waals surface area contributed by atoms with Crippen molar-refractivity contribution in [3.8, 4) is 0 Å². The van der Waals surface area contributed by atoms with Crippen molar-refractivity contribution in [2.45, 2.75) is 0 Å². The molecule has 0 unspecified atom stereocenters. The molecule has 1 aromatic carbocycles. The molecule has 1 N–H and O–H groups in total. The molecule has 0 saturated heterocycles. The van der Waals surface area contributed by atoms with Crippen LogP contribution >= 0.6 is 12.2 Å². The van der Waals surface area contributed by atoms with Crippen LogP contribution in [0.3, 0.4) is 0 Å². The quantitative estimate of drug-likeness (QED) is 0.575. The van der Waals surface area contributed by atoms with E-state index >= 15 is 0 Å². The molecule has 2 aromatic heterocycles. The van der Waals surface area contributed by atoms with Crippen molar-refractivity contribution in [3.05, 3.63) is 63.5 Å². The second kappa shape index (κ2) is 4.66. The second-order valence-electron chi connectivity index (χ2n) is 3.85. The Bertz CT molecular complexity index is 859. The third-order valence-corrected chi connectivity index (χ3v) is 2.90. The minimum absolute atomic E-state index is 0.242. The number of nitrogens with zero attached hydrogens (tertiary/aromatic N) is 2. The Morgan fingerprint density at radius 2 is 2.11 bits per heavy atom. The average molecular weight is 271 g/mol. The van der Waals surface area contributed by atoms with E-state index in [2.05, 4.69) is 10.1 Å². The lowest BCUT2D eigenvalue weighted by Gasteiger charge is -2.01. The monoisotopic (exact) mass is 271 g/mol. The number of fused-ring (bicyclic) bond motifs is 1. The number of rotatable bonds is 2. The highest BCUT2D eigenvalue weighted by atomic mass is 32.1. The molecule has 0 amide bonds. The van der Waals surface area contributed by atoms with Gasteiger partial charge in [0.1, 0.15) is 5.76 Å². The summed E-state index contributed by atoms with van der Waals surface area (Å²) in [6.45, 7) is 0. The van der Waals surface area contributed by atoms with Crippen LogP contribution in [0.25, 0.3) is 10.9 Å². The summed E-state index contributed by atoms with van der Waals surface area (Å²) < 4.78 is 6.49. The number of para-hydroxylation sites is 1. The van der Waals surface area contributed by atoms with E-state index in [9.17, 15) is 4.79 Å². The van der Waals surface area contributed by atoms with Crippen LogP contribution in [0.5, 0.6) is 0 Å². The van der Waals surface area contributed by atoms with Gasteiger partial charge in [-0.3, -0.25) is 4.79 Å². The highest BCUT2D eigenvalue weighted by Gasteiger charge is 2.03. The largest absolute Gasteiger partial charge is 0.463 e. The molecule has 0 radical (unpaired) electrons. The molecule has 0 bridgehead atoms. The smallest absolute Gasteiger partial charge is 0.282 e. The minimum Gasteiger partial charge on any atom is -0.463 e. The van der Waals surface area contributed by atoms with Crippen molar-refractivity contribution in [2.75, 3.05) is 0 Å². The molecule has 19 heavy (non-hydrogen) atoms. The molecule has 3 rings (SSSR count). The number of nitrogens with one attached hydrogen (secondary N) is 1. The Hall–Kier alpha value is -2.47. The number of aromatic amines is 1. The number of benzene rings is 1. The van der Waals surface area contributed by atoms with Crippen LogP contribution in [-0.2, 0) is 0 Å². The van der Waals surface area contributed by atoms with Crippen LogP contribution in [0.4, 0.5) is 0 Å². The summed E-state index contributed by atoms with van der Waals surface area (Å²) in [4.78, 5) is 15.2. The first-order chi connectivity index (χ1) is 9.25. The zero-order valence-corrected chi connectivity index (χ0v) is 10.6. The average Bonchev–Trinajstić information content (AvgIpc) is 2.92. The van der Waals surface area contributed by atoms with Crippen LogP contribution in [-0.4, -0.2) is 15.9 Å². The molecule has 2 heterocycles. The van der Waals surface area contributed by atoms with Gasteiger partial charge in [-0.1, -0.05) is 12.1 Å². The topological polar surface area (TPSA) is 63.3 Å². The molecule has 0 atom stereocenters. The van der Waals surface area contributed by atoms with E-state index in [-0.39, 0.29) is 10.3 Å². The molecule has 0 aliphatic heterocycles. The van der Waals surface area contributed by atoms with Crippen LogP contribution in [0.2, 0.25) is 0 Å². The molecule has 0 aliphatic rings. The lowest BCUT2D eigenvalue weighted by atomic mass is 10.2. The molecule has 6 heteroatoms. The number of furan rings is 1. The molecular formula is C13H9N3O2S. The Morgan fingerprint density at radius 1 is 1.26 bits per heavy atom. The molecule has 0 spiro atoms. The highest BCUT2D eigenvalue weighted by Crippen LogP contribution is 2.05. The van der Waals surface area contributed by atoms with Crippen molar-refractivity contribution in [1.82, 2.24) is 9.66 Å². The maximum atomic E-state index is 12.2. The number of H-pyrrole nitrogens is 1. The summed E-state index contributed by atoms with van der Waals surface area (Å²) in [7, 11) is 0. The second-order valence-corrected chi connectivity index (χ2v) is 4.24. The van der Waals surface area contributed by atoms with Crippen molar-refractivity contribution >= 4 is 29.3 Å². The predicted molar refractivity (Wildman–Crippen MR) is 75.1 cm³/mol. The zero-order valence-electron chi connectivity index (χ0n) is 9.74. The van der Waals surface area contributed by atoms with Crippen molar-refractivity contribution in [3.63, 3.8) is 0 Å². The molecule has 0 saturated carbocycles.